The maximum Gasteiger partial charge on any atom is 0.309 e. The van der Waals surface area contributed by atoms with Crippen molar-refractivity contribution < 1.29 is 23.9 Å². The van der Waals surface area contributed by atoms with Crippen LogP contribution >= 0.6 is 0 Å². The molecule has 0 saturated heterocycles. The second-order valence-corrected chi connectivity index (χ2v) is 2.06. The maximum absolute atomic E-state index is 10.6. The van der Waals surface area contributed by atoms with Gasteiger partial charge in [0.15, 0.2) is 12.4 Å². The van der Waals surface area contributed by atoms with Gasteiger partial charge < -0.3 is 9.47 Å². The summed E-state index contributed by atoms with van der Waals surface area (Å²) < 4.78 is 8.74. The third-order valence-corrected chi connectivity index (χ3v) is 1.06. The first-order chi connectivity index (χ1) is 5.60. The van der Waals surface area contributed by atoms with E-state index in [1.807, 2.05) is 0 Å². The highest BCUT2D eigenvalue weighted by molar-refractivity contribution is 5.77. The molecule has 5 heteroatoms. The van der Waals surface area contributed by atoms with Gasteiger partial charge in [-0.3, -0.25) is 14.4 Å². The highest BCUT2D eigenvalue weighted by Crippen LogP contribution is 1.97. The fourth-order valence-electron chi connectivity index (χ4n) is 0.578. The molecule has 0 aromatic heterocycles. The van der Waals surface area contributed by atoms with Gasteiger partial charge in [-0.2, -0.15) is 0 Å². The minimum Gasteiger partial charge on any atom is -0.469 e. The number of methoxy groups -OCH3 is 1. The van der Waals surface area contributed by atoms with Gasteiger partial charge in [0.25, 0.3) is 0 Å². The van der Waals surface area contributed by atoms with Crippen LogP contribution in [-0.4, -0.2) is 31.4 Å². The van der Waals surface area contributed by atoms with Gasteiger partial charge in [0, 0.05) is 6.92 Å². The first-order valence-electron chi connectivity index (χ1n) is 3.29. The van der Waals surface area contributed by atoms with Crippen LogP contribution in [0, 0.1) is 0 Å². The Morgan fingerprint density at radius 1 is 1.50 bits per heavy atom. The molecule has 1 unspecified atom stereocenters. The van der Waals surface area contributed by atoms with E-state index < -0.39 is 18.0 Å². The summed E-state index contributed by atoms with van der Waals surface area (Å²) in [6.45, 7) is 1.16. The summed E-state index contributed by atoms with van der Waals surface area (Å²) in [7, 11) is 1.19. The van der Waals surface area contributed by atoms with Crippen molar-refractivity contribution in [3.05, 3.63) is 0 Å². The van der Waals surface area contributed by atoms with Crippen LogP contribution in [0.4, 0.5) is 0 Å². The molecule has 0 aliphatic rings. The molecule has 0 aromatic rings. The summed E-state index contributed by atoms with van der Waals surface area (Å²) in [5.74, 6) is -1.19. The minimum atomic E-state index is -1.03. The van der Waals surface area contributed by atoms with Crippen molar-refractivity contribution in [1.29, 1.82) is 0 Å². The standard InChI is InChI=1S/C7H10O5/c1-5(9)12-6(4-8)3-7(10)11-2/h4,6H,3H2,1-2H3. The Balaban J connectivity index is 3.90. The number of carbonyl (C=O) groups is 3. The summed E-state index contributed by atoms with van der Waals surface area (Å²) in [5, 5.41) is 0. The predicted octanol–water partition coefficient (Wildman–Crippen LogP) is -0.320. The van der Waals surface area contributed by atoms with Crippen LogP contribution in [0.5, 0.6) is 0 Å². The minimum absolute atomic E-state index is 0.237. The van der Waals surface area contributed by atoms with Crippen LogP contribution in [0.2, 0.25) is 0 Å². The summed E-state index contributed by atoms with van der Waals surface area (Å²) in [6, 6.07) is 0. The first-order valence-corrected chi connectivity index (χ1v) is 3.29. The van der Waals surface area contributed by atoms with Gasteiger partial charge in [0.05, 0.1) is 13.5 Å². The van der Waals surface area contributed by atoms with Crippen LogP contribution in [0.3, 0.4) is 0 Å². The van der Waals surface area contributed by atoms with Gasteiger partial charge in [-0.1, -0.05) is 0 Å². The molecule has 0 N–H and O–H groups in total. The largest absolute Gasteiger partial charge is 0.469 e. The fraction of sp³-hybridized carbons (Fsp3) is 0.571. The molecule has 0 spiro atoms. The van der Waals surface area contributed by atoms with E-state index in [2.05, 4.69) is 9.47 Å². The molecular formula is C7H10O5. The summed E-state index contributed by atoms with van der Waals surface area (Å²) in [6.07, 6.45) is -0.882. The van der Waals surface area contributed by atoms with E-state index in [9.17, 15) is 14.4 Å². The lowest BCUT2D eigenvalue weighted by molar-refractivity contribution is -0.154. The quantitative estimate of drug-likeness (QED) is 0.431. The molecule has 0 aliphatic heterocycles. The second-order valence-electron chi connectivity index (χ2n) is 2.06. The molecule has 1 atom stereocenters. The summed E-state index contributed by atoms with van der Waals surface area (Å²) >= 11 is 0. The van der Waals surface area contributed by atoms with Crippen LogP contribution in [0.15, 0.2) is 0 Å². The van der Waals surface area contributed by atoms with Gasteiger partial charge in [-0.15, -0.1) is 0 Å². The van der Waals surface area contributed by atoms with Gasteiger partial charge in [0.2, 0.25) is 0 Å². The number of hydrogen-bond donors (Lipinski definition) is 0. The normalized spacial score (nSPS) is 11.5. The van der Waals surface area contributed by atoms with Crippen LogP contribution in [-0.2, 0) is 23.9 Å². The third kappa shape index (κ3) is 4.43. The van der Waals surface area contributed by atoms with E-state index in [0.29, 0.717) is 6.29 Å². The number of ether oxygens (including phenoxy) is 2. The monoisotopic (exact) mass is 174 g/mol. The van der Waals surface area contributed by atoms with E-state index in [-0.39, 0.29) is 6.42 Å². The Hall–Kier alpha value is -1.39. The Morgan fingerprint density at radius 2 is 2.08 bits per heavy atom. The van der Waals surface area contributed by atoms with Gasteiger partial charge in [0.1, 0.15) is 0 Å². The summed E-state index contributed by atoms with van der Waals surface area (Å²) in [4.78, 5) is 31.1. The smallest absolute Gasteiger partial charge is 0.309 e. The Bertz CT molecular complexity index is 186. The topological polar surface area (TPSA) is 69.7 Å². The average Bonchev–Trinajstić information content (AvgIpc) is 2.02. The van der Waals surface area contributed by atoms with E-state index in [4.69, 9.17) is 0 Å². The lowest BCUT2D eigenvalue weighted by Gasteiger charge is -2.07. The molecule has 68 valence electrons. The zero-order valence-corrected chi connectivity index (χ0v) is 6.90. The van der Waals surface area contributed by atoms with Gasteiger partial charge in [-0.05, 0) is 0 Å². The van der Waals surface area contributed by atoms with Crippen LogP contribution < -0.4 is 0 Å². The van der Waals surface area contributed by atoms with E-state index in [1.165, 1.54) is 7.11 Å². The highest BCUT2D eigenvalue weighted by atomic mass is 16.6. The number of esters is 2. The van der Waals surface area contributed by atoms with Gasteiger partial charge >= 0.3 is 11.9 Å². The molecule has 0 saturated carbocycles. The van der Waals surface area contributed by atoms with Crippen molar-refractivity contribution in [3.8, 4) is 0 Å². The molecule has 0 heterocycles. The Labute approximate surface area is 69.6 Å². The van der Waals surface area contributed by atoms with E-state index in [0.717, 1.165) is 6.92 Å². The van der Waals surface area contributed by atoms with Crippen molar-refractivity contribution in [2.24, 2.45) is 0 Å². The van der Waals surface area contributed by atoms with Crippen LogP contribution in [0.1, 0.15) is 13.3 Å². The van der Waals surface area contributed by atoms with Crippen molar-refractivity contribution >= 4 is 18.2 Å². The number of aldehydes is 1. The second kappa shape index (κ2) is 5.29. The first kappa shape index (κ1) is 10.6. The number of hydrogen-bond acceptors (Lipinski definition) is 5. The average molecular weight is 174 g/mol. The molecular weight excluding hydrogens is 164 g/mol. The van der Waals surface area contributed by atoms with Crippen LogP contribution in [0.25, 0.3) is 0 Å². The molecule has 0 aliphatic carbocycles. The number of rotatable bonds is 4. The highest BCUT2D eigenvalue weighted by Gasteiger charge is 2.15. The number of carbonyl (C=O) groups excluding carboxylic acids is 3. The lowest BCUT2D eigenvalue weighted by Crippen LogP contribution is -2.22. The molecule has 0 rings (SSSR count). The van der Waals surface area contributed by atoms with Crippen molar-refractivity contribution in [3.63, 3.8) is 0 Å². The molecule has 12 heavy (non-hydrogen) atoms. The predicted molar refractivity (Wildman–Crippen MR) is 38.3 cm³/mol. The lowest BCUT2D eigenvalue weighted by atomic mass is 10.3. The molecule has 0 fully saturated rings. The SMILES string of the molecule is COC(=O)CC(C=O)OC(C)=O. The van der Waals surface area contributed by atoms with Crippen molar-refractivity contribution in [2.75, 3.05) is 7.11 Å². The Morgan fingerprint density at radius 3 is 2.42 bits per heavy atom. The van der Waals surface area contributed by atoms with Gasteiger partial charge in [-0.25, -0.2) is 0 Å². The van der Waals surface area contributed by atoms with Crippen molar-refractivity contribution in [1.82, 2.24) is 0 Å². The summed E-state index contributed by atoms with van der Waals surface area (Å²) in [5.41, 5.74) is 0. The van der Waals surface area contributed by atoms with E-state index in [1.54, 1.807) is 0 Å². The maximum atomic E-state index is 10.6. The fourth-order valence-corrected chi connectivity index (χ4v) is 0.578. The molecule has 0 radical (unpaired) electrons. The zero-order chi connectivity index (χ0) is 9.56. The Kier molecular flexibility index (Phi) is 4.67. The molecule has 0 amide bonds. The van der Waals surface area contributed by atoms with E-state index >= 15 is 0 Å². The van der Waals surface area contributed by atoms with Crippen molar-refractivity contribution in [2.45, 2.75) is 19.4 Å². The third-order valence-electron chi connectivity index (χ3n) is 1.06. The zero-order valence-electron chi connectivity index (χ0n) is 6.90. The molecule has 5 nitrogen and oxygen atoms in total. The molecule has 0 aromatic carbocycles. The molecule has 0 bridgehead atoms.